The molecule has 1 saturated heterocycles. The molecule has 0 aromatic heterocycles. The first kappa shape index (κ1) is 17.0. The largest absolute Gasteiger partial charge is 0.338 e. The van der Waals surface area contributed by atoms with Crippen LogP contribution >= 0.6 is 0 Å². The van der Waals surface area contributed by atoms with Crippen LogP contribution in [0.2, 0.25) is 0 Å². The van der Waals surface area contributed by atoms with E-state index in [9.17, 15) is 13.2 Å². The van der Waals surface area contributed by atoms with Crippen molar-refractivity contribution in [3.63, 3.8) is 0 Å². The predicted octanol–water partition coefficient (Wildman–Crippen LogP) is 2.35. The van der Waals surface area contributed by atoms with E-state index in [-0.39, 0.29) is 23.5 Å². The van der Waals surface area contributed by atoms with Crippen molar-refractivity contribution in [2.75, 3.05) is 18.1 Å². The molecule has 2 rings (SSSR count). The van der Waals surface area contributed by atoms with Crippen molar-refractivity contribution in [1.82, 2.24) is 4.90 Å². The molecular formula is C17H25NO3S. The summed E-state index contributed by atoms with van der Waals surface area (Å²) < 4.78 is 23.4. The highest BCUT2D eigenvalue weighted by atomic mass is 32.2. The van der Waals surface area contributed by atoms with Crippen molar-refractivity contribution >= 4 is 15.7 Å². The van der Waals surface area contributed by atoms with Gasteiger partial charge in [0.1, 0.15) is 0 Å². The summed E-state index contributed by atoms with van der Waals surface area (Å²) in [4.78, 5) is 14.5. The molecule has 1 amide bonds. The predicted molar refractivity (Wildman–Crippen MR) is 88.6 cm³/mol. The van der Waals surface area contributed by atoms with E-state index in [4.69, 9.17) is 0 Å². The van der Waals surface area contributed by atoms with E-state index in [1.54, 1.807) is 4.90 Å². The molecule has 1 aromatic carbocycles. The average molecular weight is 323 g/mol. The third kappa shape index (κ3) is 4.32. The van der Waals surface area contributed by atoms with Crippen LogP contribution in [0.1, 0.15) is 37.3 Å². The summed E-state index contributed by atoms with van der Waals surface area (Å²) in [7, 11) is -2.97. The number of carbonyl (C=O) groups is 1. The maximum atomic E-state index is 12.7. The molecule has 1 unspecified atom stereocenters. The van der Waals surface area contributed by atoms with Crippen LogP contribution < -0.4 is 0 Å². The van der Waals surface area contributed by atoms with Gasteiger partial charge >= 0.3 is 0 Å². The fourth-order valence-electron chi connectivity index (χ4n) is 2.93. The first-order valence-electron chi connectivity index (χ1n) is 7.97. The number of carbonyl (C=O) groups excluding carboxylic acids is 1. The van der Waals surface area contributed by atoms with Crippen molar-refractivity contribution in [1.29, 1.82) is 0 Å². The number of unbranched alkanes of at least 4 members (excludes halogenated alkanes) is 1. The van der Waals surface area contributed by atoms with Gasteiger partial charge in [0.25, 0.3) is 0 Å². The number of sulfone groups is 1. The van der Waals surface area contributed by atoms with Gasteiger partial charge in [-0.25, -0.2) is 8.42 Å². The Morgan fingerprint density at radius 3 is 2.64 bits per heavy atom. The standard InChI is InChI=1S/C17H25NO3S/c1-3-4-10-18(16-9-11-22(20,21)13-16)17(19)12-15-8-6-5-7-14(15)2/h5-8,16H,3-4,9-13H2,1-2H3. The molecule has 122 valence electrons. The number of hydrogen-bond donors (Lipinski definition) is 0. The molecule has 0 spiro atoms. The molecule has 0 bridgehead atoms. The number of nitrogens with zero attached hydrogens (tertiary/aromatic N) is 1. The number of rotatable bonds is 6. The van der Waals surface area contributed by atoms with E-state index in [2.05, 4.69) is 6.92 Å². The molecule has 0 radical (unpaired) electrons. The zero-order valence-corrected chi connectivity index (χ0v) is 14.2. The van der Waals surface area contributed by atoms with Gasteiger partial charge in [-0.05, 0) is 30.9 Å². The maximum absolute atomic E-state index is 12.7. The fraction of sp³-hybridized carbons (Fsp3) is 0.588. The average Bonchev–Trinajstić information content (AvgIpc) is 2.82. The Kier molecular flexibility index (Phi) is 5.62. The van der Waals surface area contributed by atoms with Crippen molar-refractivity contribution in [2.24, 2.45) is 0 Å². The topological polar surface area (TPSA) is 54.5 Å². The smallest absolute Gasteiger partial charge is 0.227 e. The van der Waals surface area contributed by atoms with Gasteiger partial charge < -0.3 is 4.90 Å². The Hall–Kier alpha value is -1.36. The van der Waals surface area contributed by atoms with Crippen molar-refractivity contribution in [3.8, 4) is 0 Å². The van der Waals surface area contributed by atoms with E-state index in [1.807, 2.05) is 31.2 Å². The van der Waals surface area contributed by atoms with E-state index in [1.165, 1.54) is 0 Å². The van der Waals surface area contributed by atoms with Gasteiger partial charge in [0.2, 0.25) is 5.91 Å². The number of aryl methyl sites for hydroxylation is 1. The van der Waals surface area contributed by atoms with Crippen LogP contribution in [0.5, 0.6) is 0 Å². The zero-order chi connectivity index (χ0) is 16.2. The second kappa shape index (κ2) is 7.27. The highest BCUT2D eigenvalue weighted by Crippen LogP contribution is 2.20. The lowest BCUT2D eigenvalue weighted by Gasteiger charge is -2.28. The SMILES string of the molecule is CCCCN(C(=O)Cc1ccccc1C)C1CCS(=O)(=O)C1. The molecular weight excluding hydrogens is 298 g/mol. The van der Waals surface area contributed by atoms with E-state index < -0.39 is 9.84 Å². The first-order valence-corrected chi connectivity index (χ1v) is 9.79. The van der Waals surface area contributed by atoms with Gasteiger partial charge in [0.15, 0.2) is 9.84 Å². The molecule has 1 aliphatic rings. The van der Waals surface area contributed by atoms with Crippen LogP contribution in [0.15, 0.2) is 24.3 Å². The van der Waals surface area contributed by atoms with Crippen molar-refractivity contribution in [2.45, 2.75) is 45.6 Å². The van der Waals surface area contributed by atoms with Crippen LogP contribution in [0, 0.1) is 6.92 Å². The highest BCUT2D eigenvalue weighted by Gasteiger charge is 2.34. The normalized spacial score (nSPS) is 20.0. The van der Waals surface area contributed by atoms with Gasteiger partial charge in [0.05, 0.1) is 17.9 Å². The molecule has 1 aromatic rings. The summed E-state index contributed by atoms with van der Waals surface area (Å²) in [6.07, 6.45) is 2.84. The summed E-state index contributed by atoms with van der Waals surface area (Å²) in [6, 6.07) is 7.72. The van der Waals surface area contributed by atoms with Crippen molar-refractivity contribution < 1.29 is 13.2 Å². The zero-order valence-electron chi connectivity index (χ0n) is 13.4. The molecule has 0 saturated carbocycles. The molecule has 0 aliphatic carbocycles. The van der Waals surface area contributed by atoms with Crippen LogP contribution in [-0.2, 0) is 21.1 Å². The number of benzene rings is 1. The molecule has 0 N–H and O–H groups in total. The quantitative estimate of drug-likeness (QED) is 0.807. The molecule has 22 heavy (non-hydrogen) atoms. The summed E-state index contributed by atoms with van der Waals surface area (Å²) in [5.74, 6) is 0.374. The van der Waals surface area contributed by atoms with Crippen LogP contribution in [-0.4, -0.2) is 43.3 Å². The van der Waals surface area contributed by atoms with Crippen LogP contribution in [0.25, 0.3) is 0 Å². The molecule has 4 nitrogen and oxygen atoms in total. The van der Waals surface area contributed by atoms with Crippen LogP contribution in [0.3, 0.4) is 0 Å². The summed E-state index contributed by atoms with van der Waals surface area (Å²) in [6.45, 7) is 4.73. The molecule has 1 atom stereocenters. The second-order valence-corrected chi connectivity index (χ2v) is 8.33. The van der Waals surface area contributed by atoms with Gasteiger partial charge in [-0.1, -0.05) is 37.6 Å². The highest BCUT2D eigenvalue weighted by molar-refractivity contribution is 7.91. The summed E-state index contributed by atoms with van der Waals surface area (Å²) >= 11 is 0. The lowest BCUT2D eigenvalue weighted by Crippen LogP contribution is -2.42. The maximum Gasteiger partial charge on any atom is 0.227 e. The van der Waals surface area contributed by atoms with Crippen molar-refractivity contribution in [3.05, 3.63) is 35.4 Å². The Bertz CT molecular complexity index is 625. The fourth-order valence-corrected chi connectivity index (χ4v) is 4.66. The summed E-state index contributed by atoms with van der Waals surface area (Å²) in [5.41, 5.74) is 2.13. The van der Waals surface area contributed by atoms with Gasteiger partial charge in [-0.3, -0.25) is 4.79 Å². The third-order valence-corrected chi connectivity index (χ3v) is 6.08. The van der Waals surface area contributed by atoms with Crippen LogP contribution in [0.4, 0.5) is 0 Å². The Morgan fingerprint density at radius 1 is 1.32 bits per heavy atom. The monoisotopic (exact) mass is 323 g/mol. The summed E-state index contributed by atoms with van der Waals surface area (Å²) in [5, 5.41) is 0. The molecule has 5 heteroatoms. The van der Waals surface area contributed by atoms with Gasteiger partial charge in [-0.15, -0.1) is 0 Å². The van der Waals surface area contributed by atoms with Gasteiger partial charge in [0, 0.05) is 12.6 Å². The molecule has 1 fully saturated rings. The minimum atomic E-state index is -2.97. The number of amides is 1. The van der Waals surface area contributed by atoms with E-state index in [0.717, 1.165) is 24.0 Å². The van der Waals surface area contributed by atoms with E-state index >= 15 is 0 Å². The third-order valence-electron chi connectivity index (χ3n) is 4.33. The van der Waals surface area contributed by atoms with E-state index in [0.29, 0.717) is 19.4 Å². The minimum absolute atomic E-state index is 0.0462. The lowest BCUT2D eigenvalue weighted by atomic mass is 10.0. The Balaban J connectivity index is 2.11. The molecule has 1 aliphatic heterocycles. The lowest BCUT2D eigenvalue weighted by molar-refractivity contribution is -0.132. The van der Waals surface area contributed by atoms with Gasteiger partial charge in [-0.2, -0.15) is 0 Å². The Labute approximate surface area is 133 Å². The Morgan fingerprint density at radius 2 is 2.05 bits per heavy atom. The number of hydrogen-bond acceptors (Lipinski definition) is 3. The first-order chi connectivity index (χ1) is 10.4. The second-order valence-electron chi connectivity index (χ2n) is 6.10. The minimum Gasteiger partial charge on any atom is -0.338 e. The molecule has 1 heterocycles.